The molecule has 1 fully saturated rings. The van der Waals surface area contributed by atoms with E-state index in [4.69, 9.17) is 0 Å². The van der Waals surface area contributed by atoms with E-state index >= 15 is 0 Å². The molecule has 88 valence electrons. The second-order valence-electron chi connectivity index (χ2n) is 3.98. The zero-order valence-electron chi connectivity index (χ0n) is 8.96. The average Bonchev–Trinajstić information content (AvgIpc) is 2.73. The minimum absolute atomic E-state index is 0.458. The first-order valence-corrected chi connectivity index (χ1v) is 6.40. The quantitative estimate of drug-likeness (QED) is 0.814. The third-order valence-corrected chi connectivity index (χ3v) is 3.65. The van der Waals surface area contributed by atoms with Crippen molar-refractivity contribution in [2.24, 2.45) is 0 Å². The minimum Gasteiger partial charge on any atom is -0.314 e. The molecule has 1 aliphatic heterocycles. The standard InChI is InChI=1S/C12H15F2NS/c13-12(14)16-11-6-2-1-4-9(11)8-10-5-3-7-15-10/h1-2,4,6,10,12,15H,3,5,7-8H2. The zero-order chi connectivity index (χ0) is 11.4. The summed E-state index contributed by atoms with van der Waals surface area (Å²) in [5.41, 5.74) is 1.03. The van der Waals surface area contributed by atoms with Gasteiger partial charge in [-0.3, -0.25) is 0 Å². The first-order valence-electron chi connectivity index (χ1n) is 5.52. The van der Waals surface area contributed by atoms with E-state index in [1.807, 2.05) is 18.2 Å². The molecule has 0 aliphatic carbocycles. The number of hydrogen-bond donors (Lipinski definition) is 1. The van der Waals surface area contributed by atoms with Crippen molar-refractivity contribution >= 4 is 11.8 Å². The average molecular weight is 243 g/mol. The van der Waals surface area contributed by atoms with Gasteiger partial charge in [0.2, 0.25) is 0 Å². The van der Waals surface area contributed by atoms with Crippen LogP contribution in [0.2, 0.25) is 0 Å². The highest BCUT2D eigenvalue weighted by atomic mass is 32.2. The first-order chi connectivity index (χ1) is 7.75. The second-order valence-corrected chi connectivity index (χ2v) is 5.02. The van der Waals surface area contributed by atoms with Crippen LogP contribution < -0.4 is 5.32 Å². The monoisotopic (exact) mass is 243 g/mol. The lowest BCUT2D eigenvalue weighted by Gasteiger charge is -2.13. The van der Waals surface area contributed by atoms with Crippen molar-refractivity contribution in [1.82, 2.24) is 5.32 Å². The predicted octanol–water partition coefficient (Wildman–Crippen LogP) is 3.30. The summed E-state index contributed by atoms with van der Waals surface area (Å²) in [4.78, 5) is 0.714. The summed E-state index contributed by atoms with van der Waals surface area (Å²) in [6, 6.07) is 7.92. The van der Waals surface area contributed by atoms with Crippen LogP contribution in [-0.4, -0.2) is 18.3 Å². The molecule has 1 aromatic rings. The van der Waals surface area contributed by atoms with Crippen LogP contribution in [0.15, 0.2) is 29.2 Å². The van der Waals surface area contributed by atoms with Crippen molar-refractivity contribution in [3.05, 3.63) is 29.8 Å². The van der Waals surface area contributed by atoms with Crippen molar-refractivity contribution in [2.45, 2.75) is 36.0 Å². The predicted molar refractivity (Wildman–Crippen MR) is 63.0 cm³/mol. The summed E-state index contributed by atoms with van der Waals surface area (Å²) < 4.78 is 24.7. The highest BCUT2D eigenvalue weighted by Gasteiger charge is 2.17. The summed E-state index contributed by atoms with van der Waals surface area (Å²) in [7, 11) is 0. The Morgan fingerprint density at radius 3 is 2.88 bits per heavy atom. The molecule has 0 bridgehead atoms. The van der Waals surface area contributed by atoms with Crippen LogP contribution in [0.25, 0.3) is 0 Å². The maximum atomic E-state index is 12.4. The minimum atomic E-state index is -2.34. The molecule has 0 saturated carbocycles. The molecule has 1 nitrogen and oxygen atoms in total. The Morgan fingerprint density at radius 1 is 1.38 bits per heavy atom. The van der Waals surface area contributed by atoms with Crippen LogP contribution in [0, 0.1) is 0 Å². The summed E-state index contributed by atoms with van der Waals surface area (Å²) in [5, 5.41) is 3.39. The van der Waals surface area contributed by atoms with Crippen LogP contribution in [0.5, 0.6) is 0 Å². The van der Waals surface area contributed by atoms with Gasteiger partial charge in [-0.25, -0.2) is 0 Å². The largest absolute Gasteiger partial charge is 0.314 e. The number of hydrogen-bond acceptors (Lipinski definition) is 2. The molecular weight excluding hydrogens is 228 g/mol. The van der Waals surface area contributed by atoms with Crippen LogP contribution >= 0.6 is 11.8 Å². The zero-order valence-corrected chi connectivity index (χ0v) is 9.77. The number of benzene rings is 1. The van der Waals surface area contributed by atoms with Crippen molar-refractivity contribution in [3.8, 4) is 0 Å². The summed E-state index contributed by atoms with van der Waals surface area (Å²) in [5.74, 6) is -2.34. The molecule has 1 unspecified atom stereocenters. The molecule has 1 N–H and O–H groups in total. The lowest BCUT2D eigenvalue weighted by Crippen LogP contribution is -2.23. The number of rotatable bonds is 4. The molecule has 0 aromatic heterocycles. The van der Waals surface area contributed by atoms with Gasteiger partial charge in [0.1, 0.15) is 0 Å². The Labute approximate surface area is 98.6 Å². The Morgan fingerprint density at radius 2 is 2.19 bits per heavy atom. The van der Waals surface area contributed by atoms with Gasteiger partial charge in [-0.2, -0.15) is 8.78 Å². The maximum Gasteiger partial charge on any atom is 0.288 e. The van der Waals surface area contributed by atoms with Gasteiger partial charge in [0.05, 0.1) is 0 Å². The first kappa shape index (κ1) is 11.9. The van der Waals surface area contributed by atoms with Gasteiger partial charge in [-0.05, 0) is 37.4 Å². The van der Waals surface area contributed by atoms with E-state index in [9.17, 15) is 8.78 Å². The third kappa shape index (κ3) is 3.19. The van der Waals surface area contributed by atoms with Gasteiger partial charge < -0.3 is 5.32 Å². The van der Waals surface area contributed by atoms with Gasteiger partial charge in [0.25, 0.3) is 5.76 Å². The Balaban J connectivity index is 2.06. The van der Waals surface area contributed by atoms with Crippen LogP contribution in [0.4, 0.5) is 8.78 Å². The van der Waals surface area contributed by atoms with Crippen molar-refractivity contribution < 1.29 is 8.78 Å². The maximum absolute atomic E-state index is 12.4. The van der Waals surface area contributed by atoms with Gasteiger partial charge >= 0.3 is 0 Å². The third-order valence-electron chi connectivity index (χ3n) is 2.82. The SMILES string of the molecule is FC(F)Sc1ccccc1CC1CCCN1. The van der Waals surface area contributed by atoms with E-state index in [1.165, 1.54) is 6.42 Å². The summed E-state index contributed by atoms with van der Waals surface area (Å²) >= 11 is 0.647. The molecule has 16 heavy (non-hydrogen) atoms. The molecule has 1 aromatic carbocycles. The van der Waals surface area contributed by atoms with Crippen molar-refractivity contribution in [2.75, 3.05) is 6.54 Å². The van der Waals surface area contributed by atoms with Gasteiger partial charge in [-0.1, -0.05) is 30.0 Å². The van der Waals surface area contributed by atoms with E-state index < -0.39 is 5.76 Å². The van der Waals surface area contributed by atoms with Crippen LogP contribution in [0.1, 0.15) is 18.4 Å². The Hall–Kier alpha value is -0.610. The smallest absolute Gasteiger partial charge is 0.288 e. The summed E-state index contributed by atoms with van der Waals surface area (Å²) in [6.45, 7) is 1.05. The fourth-order valence-electron chi connectivity index (χ4n) is 2.08. The van der Waals surface area contributed by atoms with Gasteiger partial charge in [-0.15, -0.1) is 0 Å². The second kappa shape index (κ2) is 5.64. The lowest BCUT2D eigenvalue weighted by molar-refractivity contribution is 0.252. The topological polar surface area (TPSA) is 12.0 Å². The van der Waals surface area contributed by atoms with E-state index in [0.29, 0.717) is 22.7 Å². The molecule has 2 rings (SSSR count). The highest BCUT2D eigenvalue weighted by molar-refractivity contribution is 7.99. The fraction of sp³-hybridized carbons (Fsp3) is 0.500. The van der Waals surface area contributed by atoms with E-state index in [0.717, 1.165) is 24.9 Å². The van der Waals surface area contributed by atoms with Crippen LogP contribution in [0.3, 0.4) is 0 Å². The fourth-order valence-corrected chi connectivity index (χ4v) is 2.73. The Kier molecular flexibility index (Phi) is 4.18. The molecule has 1 aliphatic rings. The van der Waals surface area contributed by atoms with Crippen LogP contribution in [-0.2, 0) is 6.42 Å². The number of alkyl halides is 2. The Bertz CT molecular complexity index is 338. The molecule has 0 spiro atoms. The van der Waals surface area contributed by atoms with E-state index in [2.05, 4.69) is 5.32 Å². The lowest BCUT2D eigenvalue weighted by atomic mass is 10.0. The van der Waals surface area contributed by atoms with E-state index in [-0.39, 0.29) is 0 Å². The van der Waals surface area contributed by atoms with Gasteiger partial charge in [0.15, 0.2) is 0 Å². The normalized spacial score (nSPS) is 20.6. The summed E-state index contributed by atoms with van der Waals surface area (Å²) in [6.07, 6.45) is 3.19. The molecular formula is C12H15F2NS. The number of nitrogens with one attached hydrogen (secondary N) is 1. The number of halogens is 2. The molecule has 1 saturated heterocycles. The number of thioether (sulfide) groups is 1. The molecule has 1 heterocycles. The highest BCUT2D eigenvalue weighted by Crippen LogP contribution is 2.29. The molecule has 4 heteroatoms. The molecule has 1 atom stereocenters. The van der Waals surface area contributed by atoms with Crippen molar-refractivity contribution in [1.29, 1.82) is 0 Å². The molecule has 0 radical (unpaired) electrons. The van der Waals surface area contributed by atoms with Gasteiger partial charge in [0, 0.05) is 10.9 Å². The van der Waals surface area contributed by atoms with Crippen molar-refractivity contribution in [3.63, 3.8) is 0 Å². The molecule has 0 amide bonds. The van der Waals surface area contributed by atoms with E-state index in [1.54, 1.807) is 6.07 Å².